The van der Waals surface area contributed by atoms with Crippen LogP contribution in [0.2, 0.25) is 0 Å². The Morgan fingerprint density at radius 1 is 1.75 bits per heavy atom. The van der Waals surface area contributed by atoms with Crippen LogP contribution in [0.15, 0.2) is 23.2 Å². The molecular formula is C5H4NOS-. The second-order valence-corrected chi connectivity index (χ2v) is 1.81. The van der Waals surface area contributed by atoms with E-state index in [9.17, 15) is 5.21 Å². The maximum atomic E-state index is 10.3. The van der Waals surface area contributed by atoms with E-state index in [1.54, 1.807) is 12.1 Å². The highest BCUT2D eigenvalue weighted by molar-refractivity contribution is 7.80. The third kappa shape index (κ3) is 1.13. The van der Waals surface area contributed by atoms with E-state index >= 15 is 0 Å². The molecule has 1 aromatic rings. The topological polar surface area (TPSA) is 26.9 Å². The van der Waals surface area contributed by atoms with Crippen molar-refractivity contribution in [1.29, 1.82) is 0 Å². The maximum absolute atomic E-state index is 10.3. The Morgan fingerprint density at radius 2 is 2.50 bits per heavy atom. The Balaban J connectivity index is 3.08. The highest BCUT2D eigenvalue weighted by Gasteiger charge is 1.77. The summed E-state index contributed by atoms with van der Waals surface area (Å²) in [6, 6.07) is 3.31. The minimum atomic E-state index is 0.558. The van der Waals surface area contributed by atoms with E-state index in [2.05, 4.69) is 18.8 Å². The fraction of sp³-hybridized carbons (Fsp3) is 0. The van der Waals surface area contributed by atoms with E-state index in [0.717, 1.165) is 0 Å². The average molecular weight is 126 g/mol. The van der Waals surface area contributed by atoms with Crippen LogP contribution in [-0.2, 0) is 0 Å². The van der Waals surface area contributed by atoms with Gasteiger partial charge in [0.05, 0.1) is 6.20 Å². The average Bonchev–Trinajstić information content (AvgIpc) is 1.64. The molecule has 2 nitrogen and oxygen atoms in total. The SMILES string of the molecule is [O-][n+]1[c-]c(S)ccc1. The molecule has 0 atom stereocenters. The van der Waals surface area contributed by atoms with Crippen LogP contribution >= 0.6 is 12.6 Å². The molecule has 8 heavy (non-hydrogen) atoms. The quantitative estimate of drug-likeness (QED) is 0.232. The normalized spacial score (nSPS) is 9.12. The first-order chi connectivity index (χ1) is 3.79. The van der Waals surface area contributed by atoms with Gasteiger partial charge in [0.25, 0.3) is 0 Å². The van der Waals surface area contributed by atoms with Crippen molar-refractivity contribution in [3.05, 3.63) is 29.7 Å². The van der Waals surface area contributed by atoms with E-state index in [1.165, 1.54) is 6.20 Å². The van der Waals surface area contributed by atoms with Crippen molar-refractivity contribution in [2.45, 2.75) is 4.90 Å². The minimum absolute atomic E-state index is 0.558. The van der Waals surface area contributed by atoms with E-state index < -0.39 is 0 Å². The van der Waals surface area contributed by atoms with Crippen molar-refractivity contribution < 1.29 is 4.73 Å². The van der Waals surface area contributed by atoms with E-state index in [4.69, 9.17) is 0 Å². The highest BCUT2D eigenvalue weighted by atomic mass is 32.1. The number of nitrogens with zero attached hydrogens (tertiary/aromatic N) is 1. The first-order valence-corrected chi connectivity index (χ1v) is 2.54. The summed E-state index contributed by atoms with van der Waals surface area (Å²) in [5, 5.41) is 10.3. The predicted octanol–water partition coefficient (Wildman–Crippen LogP) is 0.409. The molecule has 0 unspecified atom stereocenters. The van der Waals surface area contributed by atoms with Crippen molar-refractivity contribution >= 4 is 12.6 Å². The molecule has 1 heterocycles. The molecule has 0 saturated heterocycles. The molecule has 0 bridgehead atoms. The van der Waals surface area contributed by atoms with Crippen LogP contribution in [0.5, 0.6) is 0 Å². The van der Waals surface area contributed by atoms with Crippen LogP contribution < -0.4 is 4.73 Å². The van der Waals surface area contributed by atoms with Gasteiger partial charge in [-0.3, -0.25) is 4.73 Å². The second kappa shape index (κ2) is 2.05. The third-order valence-corrected chi connectivity index (χ3v) is 0.949. The molecule has 0 radical (unpaired) electrons. The molecule has 0 N–H and O–H groups in total. The van der Waals surface area contributed by atoms with Gasteiger partial charge in [-0.1, -0.05) is 0 Å². The molecule has 0 aliphatic heterocycles. The summed E-state index contributed by atoms with van der Waals surface area (Å²) in [5.41, 5.74) is 0. The zero-order chi connectivity index (χ0) is 5.98. The first-order valence-electron chi connectivity index (χ1n) is 2.09. The molecule has 1 aromatic heterocycles. The van der Waals surface area contributed by atoms with Gasteiger partial charge in [-0.2, -0.15) is 12.6 Å². The molecule has 0 spiro atoms. The van der Waals surface area contributed by atoms with Crippen molar-refractivity contribution in [3.63, 3.8) is 0 Å². The fourth-order valence-electron chi connectivity index (χ4n) is 0.400. The van der Waals surface area contributed by atoms with Crippen LogP contribution in [0.1, 0.15) is 0 Å². The molecule has 3 heteroatoms. The van der Waals surface area contributed by atoms with Gasteiger partial charge in [0.15, 0.2) is 0 Å². The predicted molar refractivity (Wildman–Crippen MR) is 31.5 cm³/mol. The van der Waals surface area contributed by atoms with Crippen LogP contribution in [-0.4, -0.2) is 0 Å². The zero-order valence-electron chi connectivity index (χ0n) is 4.03. The van der Waals surface area contributed by atoms with Crippen molar-refractivity contribution in [2.24, 2.45) is 0 Å². The Hall–Kier alpha value is -0.700. The summed E-state index contributed by atoms with van der Waals surface area (Å²) in [5.74, 6) is 0. The summed E-state index contributed by atoms with van der Waals surface area (Å²) >= 11 is 3.88. The highest BCUT2D eigenvalue weighted by Crippen LogP contribution is 1.96. The monoisotopic (exact) mass is 126 g/mol. The van der Waals surface area contributed by atoms with E-state index in [1.807, 2.05) is 0 Å². The summed E-state index contributed by atoms with van der Waals surface area (Å²) in [7, 11) is 0. The number of rotatable bonds is 0. The third-order valence-electron chi connectivity index (χ3n) is 0.700. The van der Waals surface area contributed by atoms with Crippen LogP contribution in [0.3, 0.4) is 0 Å². The molecule has 0 aliphatic carbocycles. The number of hydrogen-bond acceptors (Lipinski definition) is 2. The van der Waals surface area contributed by atoms with Gasteiger partial charge in [-0.25, -0.2) is 0 Å². The molecule has 42 valence electrons. The van der Waals surface area contributed by atoms with Gasteiger partial charge in [-0.15, -0.1) is 12.1 Å². The Morgan fingerprint density at radius 3 is 2.88 bits per heavy atom. The van der Waals surface area contributed by atoms with E-state index in [0.29, 0.717) is 9.63 Å². The number of aromatic nitrogens is 1. The molecule has 1 rings (SSSR count). The zero-order valence-corrected chi connectivity index (χ0v) is 4.93. The summed E-state index contributed by atoms with van der Waals surface area (Å²) in [6.07, 6.45) is 3.76. The van der Waals surface area contributed by atoms with Gasteiger partial charge in [0.1, 0.15) is 6.20 Å². The van der Waals surface area contributed by atoms with Gasteiger partial charge in [-0.05, 0) is 4.90 Å². The van der Waals surface area contributed by atoms with Crippen LogP contribution in [0, 0.1) is 11.4 Å². The van der Waals surface area contributed by atoms with Gasteiger partial charge in [0, 0.05) is 0 Å². The lowest BCUT2D eigenvalue weighted by Gasteiger charge is -2.00. The van der Waals surface area contributed by atoms with Crippen LogP contribution in [0.4, 0.5) is 0 Å². The smallest absolute Gasteiger partial charge is 0.139 e. The van der Waals surface area contributed by atoms with Crippen molar-refractivity contribution in [2.75, 3.05) is 0 Å². The molecule has 0 saturated carbocycles. The van der Waals surface area contributed by atoms with Crippen molar-refractivity contribution in [3.8, 4) is 0 Å². The number of hydrogen-bond donors (Lipinski definition) is 1. The second-order valence-electron chi connectivity index (χ2n) is 1.33. The standard InChI is InChI=1S/C5H4NOS/c7-6-3-1-2-5(8)4-6/h1-3,8H/q-1. The molecular weight excluding hydrogens is 122 g/mol. The van der Waals surface area contributed by atoms with E-state index in [-0.39, 0.29) is 0 Å². The number of thiol groups is 1. The maximum Gasteiger partial charge on any atom is 0.139 e. The summed E-state index contributed by atoms with van der Waals surface area (Å²) in [4.78, 5) is 0.558. The summed E-state index contributed by atoms with van der Waals surface area (Å²) < 4.78 is 0.586. The molecule has 0 aromatic carbocycles. The largest absolute Gasteiger partial charge is 0.640 e. The lowest BCUT2D eigenvalue weighted by Crippen LogP contribution is -2.24. The lowest BCUT2D eigenvalue weighted by atomic mass is 10.5. The lowest BCUT2D eigenvalue weighted by molar-refractivity contribution is -0.612. The van der Waals surface area contributed by atoms with Gasteiger partial charge >= 0.3 is 0 Å². The van der Waals surface area contributed by atoms with Crippen LogP contribution in [0.25, 0.3) is 0 Å². The first kappa shape index (κ1) is 5.44. The number of pyridine rings is 1. The molecule has 0 aliphatic rings. The minimum Gasteiger partial charge on any atom is -0.640 e. The van der Waals surface area contributed by atoms with Crippen molar-refractivity contribution in [1.82, 2.24) is 0 Å². The van der Waals surface area contributed by atoms with Gasteiger partial charge < -0.3 is 5.21 Å². The molecule has 0 amide bonds. The Bertz CT molecular complexity index is 172. The Kier molecular flexibility index (Phi) is 1.39. The Labute approximate surface area is 52.8 Å². The molecule has 0 fully saturated rings. The van der Waals surface area contributed by atoms with Gasteiger partial charge in [0.2, 0.25) is 0 Å². The summed E-state index contributed by atoms with van der Waals surface area (Å²) in [6.45, 7) is 0. The fourth-order valence-corrected chi connectivity index (χ4v) is 0.584.